The number of hydrogen-bond acceptors (Lipinski definition) is 3. The molecule has 0 unspecified atom stereocenters. The molecule has 1 rings (SSSR count). The zero-order valence-electron chi connectivity index (χ0n) is 12.7. The standard InChI is InChI=1S/C15H22F2N2O2/c1-18(2)7-8-19(15(20)6-9-21-3)11-12-4-5-13(16)10-14(12)17/h4-5,10H,6-9,11H2,1-3H3. The van der Waals surface area contributed by atoms with Gasteiger partial charge < -0.3 is 14.5 Å². The first-order valence-corrected chi connectivity index (χ1v) is 6.79. The summed E-state index contributed by atoms with van der Waals surface area (Å²) in [4.78, 5) is 15.6. The number of methoxy groups -OCH3 is 1. The van der Waals surface area contributed by atoms with E-state index in [1.807, 2.05) is 19.0 Å². The summed E-state index contributed by atoms with van der Waals surface area (Å²) in [7, 11) is 5.32. The number of ether oxygens (including phenoxy) is 1. The second-order valence-corrected chi connectivity index (χ2v) is 5.10. The molecule has 0 atom stereocenters. The Balaban J connectivity index is 2.77. The summed E-state index contributed by atoms with van der Waals surface area (Å²) in [6.45, 7) is 1.60. The third-order valence-electron chi connectivity index (χ3n) is 3.07. The summed E-state index contributed by atoms with van der Waals surface area (Å²) in [6.07, 6.45) is 0.243. The summed E-state index contributed by atoms with van der Waals surface area (Å²) < 4.78 is 31.5. The molecule has 0 aliphatic carbocycles. The van der Waals surface area contributed by atoms with Crippen molar-refractivity contribution in [3.05, 3.63) is 35.4 Å². The second kappa shape index (κ2) is 8.69. The van der Waals surface area contributed by atoms with Crippen molar-refractivity contribution in [2.45, 2.75) is 13.0 Å². The van der Waals surface area contributed by atoms with Crippen LogP contribution in [0.3, 0.4) is 0 Å². The first-order chi connectivity index (χ1) is 9.93. The fourth-order valence-electron chi connectivity index (χ4n) is 1.82. The van der Waals surface area contributed by atoms with Gasteiger partial charge in [-0.2, -0.15) is 0 Å². The third kappa shape index (κ3) is 6.18. The molecule has 6 heteroatoms. The maximum atomic E-state index is 13.7. The Bertz CT molecular complexity index is 467. The molecule has 0 aliphatic heterocycles. The minimum Gasteiger partial charge on any atom is -0.384 e. The van der Waals surface area contributed by atoms with Crippen molar-refractivity contribution in [3.63, 3.8) is 0 Å². The van der Waals surface area contributed by atoms with Crippen LogP contribution in [-0.2, 0) is 16.1 Å². The number of carbonyl (C=O) groups excluding carboxylic acids is 1. The molecule has 0 aliphatic rings. The van der Waals surface area contributed by atoms with E-state index >= 15 is 0 Å². The number of nitrogens with zero attached hydrogens (tertiary/aromatic N) is 2. The molecule has 0 radical (unpaired) electrons. The lowest BCUT2D eigenvalue weighted by molar-refractivity contribution is -0.132. The summed E-state index contributed by atoms with van der Waals surface area (Å²) >= 11 is 0. The van der Waals surface area contributed by atoms with Crippen molar-refractivity contribution in [2.75, 3.05) is 40.9 Å². The molecule has 1 amide bonds. The quantitative estimate of drug-likeness (QED) is 0.735. The van der Waals surface area contributed by atoms with Crippen molar-refractivity contribution in [3.8, 4) is 0 Å². The van der Waals surface area contributed by atoms with Gasteiger partial charge in [-0.15, -0.1) is 0 Å². The summed E-state index contributed by atoms with van der Waals surface area (Å²) in [5.74, 6) is -1.37. The molecule has 0 aromatic heterocycles. The number of benzene rings is 1. The summed E-state index contributed by atoms with van der Waals surface area (Å²) in [6, 6.07) is 3.40. The van der Waals surface area contributed by atoms with Crippen LogP contribution in [0.15, 0.2) is 18.2 Å². The highest BCUT2D eigenvalue weighted by Crippen LogP contribution is 2.13. The van der Waals surface area contributed by atoms with Gasteiger partial charge in [0, 0.05) is 38.4 Å². The molecule has 1 aromatic rings. The molecule has 118 valence electrons. The van der Waals surface area contributed by atoms with Gasteiger partial charge >= 0.3 is 0 Å². The predicted molar refractivity (Wildman–Crippen MR) is 76.8 cm³/mol. The van der Waals surface area contributed by atoms with Crippen LogP contribution < -0.4 is 0 Å². The lowest BCUT2D eigenvalue weighted by Crippen LogP contribution is -2.36. The van der Waals surface area contributed by atoms with E-state index in [2.05, 4.69) is 0 Å². The van der Waals surface area contributed by atoms with E-state index in [1.165, 1.54) is 19.2 Å². The monoisotopic (exact) mass is 300 g/mol. The van der Waals surface area contributed by atoms with Gasteiger partial charge in [0.2, 0.25) is 5.91 Å². The van der Waals surface area contributed by atoms with Crippen LogP contribution in [0.25, 0.3) is 0 Å². The van der Waals surface area contributed by atoms with E-state index in [0.29, 0.717) is 25.3 Å². The van der Waals surface area contributed by atoms with Crippen LogP contribution in [0, 0.1) is 11.6 Å². The molecular formula is C15H22F2N2O2. The number of halogens is 2. The Kier molecular flexibility index (Phi) is 7.25. The highest BCUT2D eigenvalue weighted by atomic mass is 19.1. The van der Waals surface area contributed by atoms with Crippen molar-refractivity contribution in [1.29, 1.82) is 0 Å². The van der Waals surface area contributed by atoms with Crippen molar-refractivity contribution in [2.24, 2.45) is 0 Å². The van der Waals surface area contributed by atoms with Crippen LogP contribution in [-0.4, -0.2) is 56.6 Å². The highest BCUT2D eigenvalue weighted by molar-refractivity contribution is 5.76. The molecule has 4 nitrogen and oxygen atoms in total. The van der Waals surface area contributed by atoms with Gasteiger partial charge in [0.05, 0.1) is 13.0 Å². The van der Waals surface area contributed by atoms with Crippen molar-refractivity contribution in [1.82, 2.24) is 9.80 Å². The predicted octanol–water partition coefficient (Wildman–Crippen LogP) is 1.89. The molecular weight excluding hydrogens is 278 g/mol. The Labute approximate surface area is 124 Å². The molecule has 0 saturated carbocycles. The van der Waals surface area contributed by atoms with E-state index in [4.69, 9.17) is 4.74 Å². The summed E-state index contributed by atoms with van der Waals surface area (Å²) in [5, 5.41) is 0. The van der Waals surface area contributed by atoms with Gasteiger partial charge in [-0.05, 0) is 20.2 Å². The van der Waals surface area contributed by atoms with Crippen molar-refractivity contribution >= 4 is 5.91 Å². The maximum Gasteiger partial charge on any atom is 0.225 e. The molecule has 1 aromatic carbocycles. The van der Waals surface area contributed by atoms with Crippen molar-refractivity contribution < 1.29 is 18.3 Å². The molecule has 0 fully saturated rings. The molecule has 0 bridgehead atoms. The van der Waals surface area contributed by atoms with Crippen LogP contribution >= 0.6 is 0 Å². The second-order valence-electron chi connectivity index (χ2n) is 5.10. The number of likely N-dealkylation sites (N-methyl/N-ethyl adjacent to an activating group) is 1. The average molecular weight is 300 g/mol. The lowest BCUT2D eigenvalue weighted by Gasteiger charge is -2.24. The minimum absolute atomic E-state index is 0.109. The van der Waals surface area contributed by atoms with E-state index in [9.17, 15) is 13.6 Å². The Morgan fingerprint density at radius 2 is 1.95 bits per heavy atom. The fourth-order valence-corrected chi connectivity index (χ4v) is 1.82. The topological polar surface area (TPSA) is 32.8 Å². The molecule has 0 heterocycles. The molecule has 0 spiro atoms. The third-order valence-corrected chi connectivity index (χ3v) is 3.07. The zero-order chi connectivity index (χ0) is 15.8. The van der Waals surface area contributed by atoms with Crippen LogP contribution in [0.4, 0.5) is 8.78 Å². The van der Waals surface area contributed by atoms with Gasteiger partial charge in [-0.1, -0.05) is 6.07 Å². The lowest BCUT2D eigenvalue weighted by atomic mass is 10.2. The molecule has 21 heavy (non-hydrogen) atoms. The first kappa shape index (κ1) is 17.5. The Hall–Kier alpha value is -1.53. The minimum atomic E-state index is -0.635. The van der Waals surface area contributed by atoms with E-state index < -0.39 is 11.6 Å². The van der Waals surface area contributed by atoms with Crippen LogP contribution in [0.1, 0.15) is 12.0 Å². The molecule has 0 N–H and O–H groups in total. The largest absolute Gasteiger partial charge is 0.384 e. The van der Waals surface area contributed by atoms with Gasteiger partial charge in [0.25, 0.3) is 0 Å². The van der Waals surface area contributed by atoms with E-state index in [0.717, 1.165) is 6.07 Å². The smallest absolute Gasteiger partial charge is 0.225 e. The summed E-state index contributed by atoms with van der Waals surface area (Å²) in [5.41, 5.74) is 0.306. The zero-order valence-corrected chi connectivity index (χ0v) is 12.7. The highest BCUT2D eigenvalue weighted by Gasteiger charge is 2.16. The average Bonchev–Trinajstić information content (AvgIpc) is 2.42. The van der Waals surface area contributed by atoms with Gasteiger partial charge in [-0.25, -0.2) is 8.78 Å². The fraction of sp³-hybridized carbons (Fsp3) is 0.533. The van der Waals surface area contributed by atoms with Gasteiger partial charge in [0.1, 0.15) is 11.6 Å². The molecule has 0 saturated heterocycles. The SMILES string of the molecule is COCCC(=O)N(CCN(C)C)Cc1ccc(F)cc1F. The van der Waals surface area contributed by atoms with Gasteiger partial charge in [-0.3, -0.25) is 4.79 Å². The van der Waals surface area contributed by atoms with Crippen LogP contribution in [0.2, 0.25) is 0 Å². The number of hydrogen-bond donors (Lipinski definition) is 0. The van der Waals surface area contributed by atoms with E-state index in [-0.39, 0.29) is 18.9 Å². The Morgan fingerprint density at radius 3 is 2.52 bits per heavy atom. The number of carbonyl (C=O) groups is 1. The number of amides is 1. The Morgan fingerprint density at radius 1 is 1.24 bits per heavy atom. The maximum absolute atomic E-state index is 13.7. The first-order valence-electron chi connectivity index (χ1n) is 6.79. The van der Waals surface area contributed by atoms with Crippen LogP contribution in [0.5, 0.6) is 0 Å². The number of rotatable bonds is 8. The van der Waals surface area contributed by atoms with Gasteiger partial charge in [0.15, 0.2) is 0 Å². The van der Waals surface area contributed by atoms with E-state index in [1.54, 1.807) is 4.90 Å². The normalized spacial score (nSPS) is 11.0.